The van der Waals surface area contributed by atoms with Crippen molar-refractivity contribution in [1.82, 2.24) is 4.90 Å². The van der Waals surface area contributed by atoms with Crippen molar-refractivity contribution in [2.24, 2.45) is 0 Å². The highest BCUT2D eigenvalue weighted by atomic mass is 19.1. The van der Waals surface area contributed by atoms with E-state index in [0.29, 0.717) is 12.2 Å². The predicted molar refractivity (Wildman–Crippen MR) is 80.7 cm³/mol. The molecule has 1 heterocycles. The minimum atomic E-state index is -0.724. The summed E-state index contributed by atoms with van der Waals surface area (Å²) in [5.41, 5.74) is 0.0478. The van der Waals surface area contributed by atoms with E-state index in [2.05, 4.69) is 16.7 Å². The van der Waals surface area contributed by atoms with Crippen LogP contribution in [0.4, 0.5) is 10.1 Å². The molecule has 0 spiro atoms. The van der Waals surface area contributed by atoms with E-state index < -0.39 is 11.4 Å². The lowest BCUT2D eigenvalue weighted by Gasteiger charge is -2.43. The van der Waals surface area contributed by atoms with Crippen LogP contribution in [-0.4, -0.2) is 47.8 Å². The van der Waals surface area contributed by atoms with Crippen LogP contribution in [0.2, 0.25) is 0 Å². The summed E-state index contributed by atoms with van der Waals surface area (Å²) in [5.74, 6) is -0.471. The Morgan fingerprint density at radius 2 is 2.14 bits per heavy atom. The second-order valence-electron chi connectivity index (χ2n) is 6.34. The number of β-amino-alcohol motifs (C(OH)–C–C–N with tert-alkyl or cyclic N) is 1. The van der Waals surface area contributed by atoms with Crippen LogP contribution >= 0.6 is 0 Å². The summed E-state index contributed by atoms with van der Waals surface area (Å²) in [6.45, 7) is 8.55. The van der Waals surface area contributed by atoms with E-state index in [0.717, 1.165) is 19.6 Å². The number of rotatable bonds is 3. The lowest BCUT2D eigenvalue weighted by molar-refractivity contribution is 0.0308. The van der Waals surface area contributed by atoms with Gasteiger partial charge in [-0.2, -0.15) is 5.26 Å². The van der Waals surface area contributed by atoms with Crippen molar-refractivity contribution in [2.45, 2.75) is 32.4 Å². The zero-order valence-electron chi connectivity index (χ0n) is 12.8. The van der Waals surface area contributed by atoms with Crippen LogP contribution < -0.4 is 4.90 Å². The van der Waals surface area contributed by atoms with Crippen molar-refractivity contribution in [3.63, 3.8) is 0 Å². The summed E-state index contributed by atoms with van der Waals surface area (Å²) in [7, 11) is 0. The molecule has 0 saturated carbocycles. The highest BCUT2D eigenvalue weighted by molar-refractivity contribution is 5.60. The summed E-state index contributed by atoms with van der Waals surface area (Å²) in [4.78, 5) is 4.27. The third kappa shape index (κ3) is 3.72. The highest BCUT2D eigenvalue weighted by Crippen LogP contribution is 2.26. The van der Waals surface area contributed by atoms with Crippen LogP contribution in [0.25, 0.3) is 0 Å². The zero-order chi connectivity index (χ0) is 15.6. The molecule has 0 bridgehead atoms. The van der Waals surface area contributed by atoms with Gasteiger partial charge < -0.3 is 10.0 Å². The first kappa shape index (κ1) is 15.7. The topological polar surface area (TPSA) is 50.5 Å². The quantitative estimate of drug-likeness (QED) is 0.925. The van der Waals surface area contributed by atoms with Crippen LogP contribution in [0, 0.1) is 17.1 Å². The molecule has 1 unspecified atom stereocenters. The summed E-state index contributed by atoms with van der Waals surface area (Å²) < 4.78 is 13.7. The molecule has 1 aromatic rings. The van der Waals surface area contributed by atoms with E-state index in [4.69, 9.17) is 5.26 Å². The molecule has 1 N–H and O–H groups in total. The second kappa shape index (κ2) is 6.00. The molecule has 4 nitrogen and oxygen atoms in total. The monoisotopic (exact) mass is 291 g/mol. The van der Waals surface area contributed by atoms with Gasteiger partial charge in [0.05, 0.1) is 11.3 Å². The molecular formula is C16H22FN3O. The number of anilines is 1. The third-order valence-electron chi connectivity index (χ3n) is 3.74. The molecule has 2 rings (SSSR count). The fourth-order valence-corrected chi connectivity index (χ4v) is 2.94. The lowest BCUT2D eigenvalue weighted by atomic mass is 10.1. The van der Waals surface area contributed by atoms with Gasteiger partial charge in [-0.05, 0) is 32.9 Å². The molecular weight excluding hydrogens is 269 g/mol. The Balaban J connectivity index is 2.15. The molecule has 5 heteroatoms. The van der Waals surface area contributed by atoms with Crippen molar-refractivity contribution in [2.75, 3.05) is 31.1 Å². The molecule has 114 valence electrons. The number of halogens is 1. The van der Waals surface area contributed by atoms with Gasteiger partial charge in [-0.1, -0.05) is 6.07 Å². The number of aliphatic hydroxyl groups is 1. The molecule has 1 aromatic carbocycles. The number of hydrogen-bond donors (Lipinski definition) is 1. The average Bonchev–Trinajstić information content (AvgIpc) is 2.36. The van der Waals surface area contributed by atoms with Crippen molar-refractivity contribution in [3.8, 4) is 6.07 Å². The minimum absolute atomic E-state index is 0.111. The molecule has 1 aliphatic rings. The molecule has 0 radical (unpaired) electrons. The fourth-order valence-electron chi connectivity index (χ4n) is 2.94. The van der Waals surface area contributed by atoms with Gasteiger partial charge >= 0.3 is 0 Å². The van der Waals surface area contributed by atoms with Crippen LogP contribution in [0.15, 0.2) is 18.2 Å². The maximum absolute atomic E-state index is 13.7. The summed E-state index contributed by atoms with van der Waals surface area (Å²) >= 11 is 0. The Hall–Kier alpha value is -1.64. The minimum Gasteiger partial charge on any atom is -0.389 e. The van der Waals surface area contributed by atoms with Gasteiger partial charge in [-0.15, -0.1) is 0 Å². The molecule has 0 aromatic heterocycles. The SMILES string of the molecule is CC1CN(CC(C)(C)O)CCN1c1cccc(F)c1C#N. The van der Waals surface area contributed by atoms with E-state index in [1.807, 2.05) is 6.07 Å². The zero-order valence-corrected chi connectivity index (χ0v) is 12.8. The number of benzene rings is 1. The van der Waals surface area contributed by atoms with Crippen molar-refractivity contribution in [3.05, 3.63) is 29.6 Å². The average molecular weight is 291 g/mol. The molecule has 21 heavy (non-hydrogen) atoms. The first-order valence-electron chi connectivity index (χ1n) is 7.22. The second-order valence-corrected chi connectivity index (χ2v) is 6.34. The standard InChI is InChI=1S/C16H22FN3O/c1-12-10-19(11-16(2,3)21)7-8-20(12)15-6-4-5-14(17)13(15)9-18/h4-6,12,21H,7-8,10-11H2,1-3H3. The molecule has 1 atom stereocenters. The number of nitriles is 1. The van der Waals surface area contributed by atoms with Crippen LogP contribution in [0.5, 0.6) is 0 Å². The number of nitrogens with zero attached hydrogens (tertiary/aromatic N) is 3. The first-order chi connectivity index (χ1) is 9.81. The molecule has 1 aliphatic heterocycles. The largest absolute Gasteiger partial charge is 0.389 e. The van der Waals surface area contributed by atoms with Crippen LogP contribution in [-0.2, 0) is 0 Å². The van der Waals surface area contributed by atoms with E-state index in [1.54, 1.807) is 26.0 Å². The Morgan fingerprint density at radius 3 is 2.71 bits per heavy atom. The lowest BCUT2D eigenvalue weighted by Crippen LogP contribution is -2.55. The fraction of sp³-hybridized carbons (Fsp3) is 0.562. The van der Waals surface area contributed by atoms with Gasteiger partial charge in [0.25, 0.3) is 0 Å². The maximum atomic E-state index is 13.7. The molecule has 0 aliphatic carbocycles. The van der Waals surface area contributed by atoms with E-state index in [1.165, 1.54) is 6.07 Å². The Labute approximate surface area is 125 Å². The summed E-state index contributed by atoms with van der Waals surface area (Å²) in [5, 5.41) is 19.1. The van der Waals surface area contributed by atoms with E-state index >= 15 is 0 Å². The smallest absolute Gasteiger partial charge is 0.143 e. The predicted octanol–water partition coefficient (Wildman–Crippen LogP) is 1.98. The van der Waals surface area contributed by atoms with Crippen LogP contribution in [0.1, 0.15) is 26.3 Å². The van der Waals surface area contributed by atoms with Crippen molar-refractivity contribution >= 4 is 5.69 Å². The van der Waals surface area contributed by atoms with Gasteiger partial charge in [0.2, 0.25) is 0 Å². The van der Waals surface area contributed by atoms with Gasteiger partial charge in [-0.25, -0.2) is 4.39 Å². The number of hydrogen-bond acceptors (Lipinski definition) is 4. The van der Waals surface area contributed by atoms with Crippen LogP contribution in [0.3, 0.4) is 0 Å². The molecule has 1 saturated heterocycles. The normalized spacial score (nSPS) is 20.4. The Kier molecular flexibility index (Phi) is 4.50. The van der Waals surface area contributed by atoms with E-state index in [9.17, 15) is 9.50 Å². The highest BCUT2D eigenvalue weighted by Gasteiger charge is 2.28. The third-order valence-corrected chi connectivity index (χ3v) is 3.74. The van der Waals surface area contributed by atoms with Crippen molar-refractivity contribution < 1.29 is 9.50 Å². The summed E-state index contributed by atoms with van der Waals surface area (Å²) in [6.07, 6.45) is 0. The van der Waals surface area contributed by atoms with Gasteiger partial charge in [0.15, 0.2) is 0 Å². The van der Waals surface area contributed by atoms with E-state index in [-0.39, 0.29) is 11.6 Å². The number of piperazine rings is 1. The molecule has 0 amide bonds. The summed E-state index contributed by atoms with van der Waals surface area (Å²) in [6, 6.07) is 6.88. The Morgan fingerprint density at radius 1 is 1.43 bits per heavy atom. The maximum Gasteiger partial charge on any atom is 0.143 e. The first-order valence-corrected chi connectivity index (χ1v) is 7.22. The molecule has 1 fully saturated rings. The van der Waals surface area contributed by atoms with Gasteiger partial charge in [0.1, 0.15) is 17.4 Å². The van der Waals surface area contributed by atoms with Crippen molar-refractivity contribution in [1.29, 1.82) is 5.26 Å². The Bertz CT molecular complexity index is 547. The van der Waals surface area contributed by atoms with Gasteiger partial charge in [-0.3, -0.25) is 4.90 Å². The van der Waals surface area contributed by atoms with Gasteiger partial charge in [0, 0.05) is 32.2 Å².